The molecule has 0 aromatic rings. The number of rotatable bonds is 5. The third-order valence-electron chi connectivity index (χ3n) is 1.11. The van der Waals surface area contributed by atoms with Gasteiger partial charge in [-0.25, -0.2) is 9.59 Å². The summed E-state index contributed by atoms with van der Waals surface area (Å²) in [7, 11) is 0. The molecule has 0 heterocycles. The van der Waals surface area contributed by atoms with Crippen molar-refractivity contribution in [3.8, 4) is 0 Å². The smallest absolute Gasteiger partial charge is 0.407 e. The molecule has 0 aliphatic rings. The van der Waals surface area contributed by atoms with Gasteiger partial charge in [-0.2, -0.15) is 0 Å². The van der Waals surface area contributed by atoms with Crippen LogP contribution in [0.25, 0.3) is 0 Å². The molecule has 2 amide bonds. The van der Waals surface area contributed by atoms with Crippen molar-refractivity contribution in [3.63, 3.8) is 0 Å². The van der Waals surface area contributed by atoms with Crippen LogP contribution in [0.2, 0.25) is 0 Å². The topological polar surface area (TPSA) is 87.7 Å². The van der Waals surface area contributed by atoms with E-state index in [0.717, 1.165) is 6.42 Å². The number of nitrogens with one attached hydrogen (secondary N) is 2. The monoisotopic (exact) mass is 190 g/mol. The number of alkyl carbamates (subject to hydrolysis) is 1. The zero-order valence-electron chi connectivity index (χ0n) is 7.50. The standard InChI is InChI=1S/C7H14N2O4/c1-2-5-13-7(12)9-4-3-8-6(10)11/h8H,2-5H2,1H3,(H,9,12)(H,10,11). The second kappa shape index (κ2) is 7.20. The van der Waals surface area contributed by atoms with Gasteiger partial charge in [-0.15, -0.1) is 0 Å². The predicted octanol–water partition coefficient (Wildman–Crippen LogP) is 0.390. The largest absolute Gasteiger partial charge is 0.465 e. The molecular formula is C7H14N2O4. The van der Waals surface area contributed by atoms with Crippen LogP contribution < -0.4 is 10.6 Å². The van der Waals surface area contributed by atoms with Crippen LogP contribution in [0.15, 0.2) is 0 Å². The predicted molar refractivity (Wildman–Crippen MR) is 45.7 cm³/mol. The molecule has 0 unspecified atom stereocenters. The van der Waals surface area contributed by atoms with E-state index in [2.05, 4.69) is 15.4 Å². The number of hydrogen-bond acceptors (Lipinski definition) is 3. The van der Waals surface area contributed by atoms with Crippen molar-refractivity contribution in [1.82, 2.24) is 10.6 Å². The Morgan fingerprint density at radius 3 is 2.46 bits per heavy atom. The second-order valence-corrected chi connectivity index (χ2v) is 2.29. The summed E-state index contributed by atoms with van der Waals surface area (Å²) >= 11 is 0. The number of carboxylic acid groups (broad SMARTS) is 1. The van der Waals surface area contributed by atoms with Crippen molar-refractivity contribution >= 4 is 12.2 Å². The van der Waals surface area contributed by atoms with Gasteiger partial charge in [-0.1, -0.05) is 6.92 Å². The molecule has 0 spiro atoms. The molecule has 13 heavy (non-hydrogen) atoms. The lowest BCUT2D eigenvalue weighted by molar-refractivity contribution is 0.146. The number of ether oxygens (including phenoxy) is 1. The highest BCUT2D eigenvalue weighted by Gasteiger charge is 1.99. The van der Waals surface area contributed by atoms with Gasteiger partial charge in [0, 0.05) is 13.1 Å². The van der Waals surface area contributed by atoms with E-state index in [-0.39, 0.29) is 13.1 Å². The van der Waals surface area contributed by atoms with Crippen LogP contribution in [0, 0.1) is 0 Å². The van der Waals surface area contributed by atoms with E-state index >= 15 is 0 Å². The van der Waals surface area contributed by atoms with Crippen LogP contribution in [0.1, 0.15) is 13.3 Å². The van der Waals surface area contributed by atoms with Crippen LogP contribution in [-0.2, 0) is 4.74 Å². The Hall–Kier alpha value is -1.46. The lowest BCUT2D eigenvalue weighted by Crippen LogP contribution is -2.34. The van der Waals surface area contributed by atoms with Crippen LogP contribution >= 0.6 is 0 Å². The van der Waals surface area contributed by atoms with Gasteiger partial charge in [0.05, 0.1) is 6.61 Å². The van der Waals surface area contributed by atoms with E-state index in [1.165, 1.54) is 0 Å². The molecule has 6 heteroatoms. The molecule has 0 radical (unpaired) electrons. The van der Waals surface area contributed by atoms with Gasteiger partial charge in [0.15, 0.2) is 0 Å². The fourth-order valence-corrected chi connectivity index (χ4v) is 0.580. The minimum absolute atomic E-state index is 0.177. The zero-order chi connectivity index (χ0) is 10.1. The normalized spacial score (nSPS) is 9.00. The summed E-state index contributed by atoms with van der Waals surface area (Å²) in [5, 5.41) is 12.7. The maximum Gasteiger partial charge on any atom is 0.407 e. The fraction of sp³-hybridized carbons (Fsp3) is 0.714. The zero-order valence-corrected chi connectivity index (χ0v) is 7.50. The molecule has 0 aromatic carbocycles. The Balaban J connectivity index is 3.22. The van der Waals surface area contributed by atoms with E-state index in [1.54, 1.807) is 0 Å². The maximum absolute atomic E-state index is 10.7. The van der Waals surface area contributed by atoms with Crippen molar-refractivity contribution in [2.75, 3.05) is 19.7 Å². The molecule has 0 aliphatic carbocycles. The van der Waals surface area contributed by atoms with Gasteiger partial charge in [0.25, 0.3) is 0 Å². The number of hydrogen-bond donors (Lipinski definition) is 3. The van der Waals surface area contributed by atoms with Crippen molar-refractivity contribution in [1.29, 1.82) is 0 Å². The molecule has 0 rings (SSSR count). The van der Waals surface area contributed by atoms with Gasteiger partial charge >= 0.3 is 12.2 Å². The first kappa shape index (κ1) is 11.5. The van der Waals surface area contributed by atoms with E-state index in [9.17, 15) is 9.59 Å². The van der Waals surface area contributed by atoms with E-state index in [4.69, 9.17) is 5.11 Å². The van der Waals surface area contributed by atoms with Crippen LogP contribution in [0.5, 0.6) is 0 Å². The first-order chi connectivity index (χ1) is 6.16. The lowest BCUT2D eigenvalue weighted by Gasteiger charge is -2.05. The third-order valence-corrected chi connectivity index (χ3v) is 1.11. The van der Waals surface area contributed by atoms with Crippen molar-refractivity contribution in [2.24, 2.45) is 0 Å². The number of carbonyl (C=O) groups excluding carboxylic acids is 1. The van der Waals surface area contributed by atoms with Crippen LogP contribution in [-0.4, -0.2) is 37.0 Å². The molecular weight excluding hydrogens is 176 g/mol. The maximum atomic E-state index is 10.7. The minimum Gasteiger partial charge on any atom is -0.465 e. The van der Waals surface area contributed by atoms with Crippen molar-refractivity contribution in [3.05, 3.63) is 0 Å². The second-order valence-electron chi connectivity index (χ2n) is 2.29. The Kier molecular flexibility index (Phi) is 6.39. The molecule has 0 saturated heterocycles. The Labute approximate surface area is 76.3 Å². The third kappa shape index (κ3) is 8.45. The Morgan fingerprint density at radius 2 is 1.92 bits per heavy atom. The summed E-state index contributed by atoms with van der Waals surface area (Å²) in [5.41, 5.74) is 0. The number of amides is 2. The highest BCUT2D eigenvalue weighted by Crippen LogP contribution is 1.80. The van der Waals surface area contributed by atoms with Crippen molar-refractivity contribution in [2.45, 2.75) is 13.3 Å². The van der Waals surface area contributed by atoms with Gasteiger partial charge < -0.3 is 20.5 Å². The molecule has 76 valence electrons. The summed E-state index contributed by atoms with van der Waals surface area (Å²) in [5.74, 6) is 0. The molecule has 0 aliphatic heterocycles. The molecule has 3 N–H and O–H groups in total. The molecule has 0 fully saturated rings. The minimum atomic E-state index is -1.11. The highest BCUT2D eigenvalue weighted by molar-refractivity contribution is 5.67. The fourth-order valence-electron chi connectivity index (χ4n) is 0.580. The summed E-state index contributed by atoms with van der Waals surface area (Å²) < 4.78 is 4.67. The van der Waals surface area contributed by atoms with E-state index < -0.39 is 12.2 Å². The summed E-state index contributed by atoms with van der Waals surface area (Å²) in [6, 6.07) is 0. The van der Waals surface area contributed by atoms with Crippen LogP contribution in [0.3, 0.4) is 0 Å². The number of carbonyl (C=O) groups is 2. The Bertz CT molecular complexity index is 172. The van der Waals surface area contributed by atoms with Gasteiger partial charge in [0.1, 0.15) is 0 Å². The molecule has 0 aromatic heterocycles. The van der Waals surface area contributed by atoms with Crippen molar-refractivity contribution < 1.29 is 19.4 Å². The van der Waals surface area contributed by atoms with Gasteiger partial charge in [-0.05, 0) is 6.42 Å². The first-order valence-corrected chi connectivity index (χ1v) is 4.04. The lowest BCUT2D eigenvalue weighted by atomic mass is 10.5. The van der Waals surface area contributed by atoms with Crippen LogP contribution in [0.4, 0.5) is 9.59 Å². The molecule has 0 saturated carbocycles. The summed E-state index contributed by atoms with van der Waals surface area (Å²) in [4.78, 5) is 20.7. The quantitative estimate of drug-likeness (QED) is 0.547. The van der Waals surface area contributed by atoms with Gasteiger partial charge in [0.2, 0.25) is 0 Å². The average Bonchev–Trinajstić information content (AvgIpc) is 2.08. The van der Waals surface area contributed by atoms with E-state index in [1.807, 2.05) is 6.92 Å². The summed E-state index contributed by atoms with van der Waals surface area (Å²) in [6.45, 7) is 2.67. The molecule has 0 bridgehead atoms. The first-order valence-electron chi connectivity index (χ1n) is 4.04. The highest BCUT2D eigenvalue weighted by atomic mass is 16.5. The van der Waals surface area contributed by atoms with Gasteiger partial charge in [-0.3, -0.25) is 0 Å². The molecule has 0 atom stereocenters. The molecule has 6 nitrogen and oxygen atoms in total. The van der Waals surface area contributed by atoms with E-state index in [0.29, 0.717) is 6.61 Å². The Morgan fingerprint density at radius 1 is 1.31 bits per heavy atom. The summed E-state index contributed by atoms with van der Waals surface area (Å²) in [6.07, 6.45) is -0.862. The average molecular weight is 190 g/mol. The SMILES string of the molecule is CCCOC(=O)NCCNC(=O)O.